The van der Waals surface area contributed by atoms with E-state index in [-0.39, 0.29) is 22.1 Å². The number of ether oxygens (including phenoxy) is 2. The summed E-state index contributed by atoms with van der Waals surface area (Å²) in [7, 11) is -1.26. The van der Waals surface area contributed by atoms with Gasteiger partial charge in [0.1, 0.15) is 23.8 Å². The maximum atomic E-state index is 13.5. The van der Waals surface area contributed by atoms with Gasteiger partial charge in [-0.15, -0.1) is 0 Å². The third-order valence-corrected chi connectivity index (χ3v) is 6.18. The first kappa shape index (κ1) is 22.0. The molecule has 0 aliphatic rings. The van der Waals surface area contributed by atoms with Crippen LogP contribution < -0.4 is 19.1 Å². The van der Waals surface area contributed by atoms with Crippen LogP contribution in [0, 0.1) is 0 Å². The molecule has 0 bridgehead atoms. The number of methoxy groups -OCH3 is 2. The molecular weight excluding hydrogens is 420 g/mol. The zero-order valence-corrected chi connectivity index (χ0v) is 17.8. The first-order valence-electron chi connectivity index (χ1n) is 9.24. The van der Waals surface area contributed by atoms with E-state index in [0.717, 1.165) is 4.31 Å². The van der Waals surface area contributed by atoms with Crippen LogP contribution in [-0.4, -0.2) is 40.2 Å². The van der Waals surface area contributed by atoms with Crippen LogP contribution in [0.15, 0.2) is 77.7 Å². The number of benzene rings is 3. The lowest BCUT2D eigenvalue weighted by molar-refractivity contribution is -0.114. The number of phenols is 1. The number of amides is 1. The van der Waals surface area contributed by atoms with Gasteiger partial charge in [-0.05, 0) is 36.4 Å². The van der Waals surface area contributed by atoms with E-state index in [0.29, 0.717) is 11.4 Å². The topological polar surface area (TPSA) is 105 Å². The minimum Gasteiger partial charge on any atom is -0.508 e. The van der Waals surface area contributed by atoms with Crippen molar-refractivity contribution in [3.05, 3.63) is 72.8 Å². The third-order valence-electron chi connectivity index (χ3n) is 4.40. The molecule has 3 aromatic rings. The van der Waals surface area contributed by atoms with Crippen LogP contribution in [0.25, 0.3) is 0 Å². The number of hydrogen-bond donors (Lipinski definition) is 2. The standard InChI is InChI=1S/C22H22N2O6S/c1-29-18-11-12-21(30-2)20(14-18)24(31(27,28)19-9-4-3-5-10-19)15-22(26)23-16-7-6-8-17(25)13-16/h3-14,25H,15H2,1-2H3,(H,23,26). The summed E-state index contributed by atoms with van der Waals surface area (Å²) in [5.74, 6) is 0.0268. The smallest absolute Gasteiger partial charge is 0.264 e. The quantitative estimate of drug-likeness (QED) is 0.555. The normalized spacial score (nSPS) is 10.9. The molecular formula is C22H22N2O6S. The Balaban J connectivity index is 2.04. The van der Waals surface area contributed by atoms with Gasteiger partial charge in [0.15, 0.2) is 0 Å². The van der Waals surface area contributed by atoms with Gasteiger partial charge in [-0.2, -0.15) is 0 Å². The summed E-state index contributed by atoms with van der Waals surface area (Å²) < 4.78 is 38.4. The monoisotopic (exact) mass is 442 g/mol. The summed E-state index contributed by atoms with van der Waals surface area (Å²) in [6.45, 7) is -0.531. The van der Waals surface area contributed by atoms with Crippen LogP contribution in [0.3, 0.4) is 0 Å². The Labute approximate surface area is 180 Å². The summed E-state index contributed by atoms with van der Waals surface area (Å²) in [5.41, 5.74) is 0.483. The lowest BCUT2D eigenvalue weighted by atomic mass is 10.2. The Bertz CT molecular complexity index is 1170. The molecule has 0 unspecified atom stereocenters. The summed E-state index contributed by atoms with van der Waals surface area (Å²) in [6.07, 6.45) is 0. The fraction of sp³-hybridized carbons (Fsp3) is 0.136. The first-order chi connectivity index (χ1) is 14.8. The molecule has 3 aromatic carbocycles. The van der Waals surface area contributed by atoms with Crippen molar-refractivity contribution in [3.63, 3.8) is 0 Å². The zero-order chi connectivity index (χ0) is 22.4. The molecule has 0 radical (unpaired) electrons. The van der Waals surface area contributed by atoms with Gasteiger partial charge >= 0.3 is 0 Å². The summed E-state index contributed by atoms with van der Waals surface area (Å²) in [5, 5.41) is 12.2. The van der Waals surface area contributed by atoms with Crippen molar-refractivity contribution in [1.29, 1.82) is 0 Å². The van der Waals surface area contributed by atoms with Crippen molar-refractivity contribution in [2.24, 2.45) is 0 Å². The number of nitrogens with zero attached hydrogens (tertiary/aromatic N) is 1. The molecule has 0 spiro atoms. The fourth-order valence-electron chi connectivity index (χ4n) is 2.93. The number of carbonyl (C=O) groups excluding carboxylic acids is 1. The second-order valence-electron chi connectivity index (χ2n) is 6.46. The SMILES string of the molecule is COc1ccc(OC)c(N(CC(=O)Nc2cccc(O)c2)S(=O)(=O)c2ccccc2)c1. The summed E-state index contributed by atoms with van der Waals surface area (Å²) >= 11 is 0. The highest BCUT2D eigenvalue weighted by atomic mass is 32.2. The molecule has 0 aromatic heterocycles. The van der Waals surface area contributed by atoms with Crippen molar-refractivity contribution in [2.75, 3.05) is 30.4 Å². The third kappa shape index (κ3) is 5.07. The highest BCUT2D eigenvalue weighted by Crippen LogP contribution is 2.35. The molecule has 0 aliphatic carbocycles. The van der Waals surface area contributed by atoms with Crippen LogP contribution in [0.4, 0.5) is 11.4 Å². The molecule has 9 heteroatoms. The van der Waals surface area contributed by atoms with E-state index in [1.54, 1.807) is 42.5 Å². The Hall–Kier alpha value is -3.72. The van der Waals surface area contributed by atoms with E-state index in [9.17, 15) is 18.3 Å². The van der Waals surface area contributed by atoms with Gasteiger partial charge in [0, 0.05) is 17.8 Å². The second kappa shape index (κ2) is 9.40. The number of sulfonamides is 1. The Kier molecular flexibility index (Phi) is 6.66. The number of aromatic hydroxyl groups is 1. The molecule has 2 N–H and O–H groups in total. The Morgan fingerprint density at radius 1 is 0.968 bits per heavy atom. The van der Waals surface area contributed by atoms with Crippen molar-refractivity contribution < 1.29 is 27.8 Å². The predicted molar refractivity (Wildman–Crippen MR) is 117 cm³/mol. The van der Waals surface area contributed by atoms with Gasteiger partial charge in [0.25, 0.3) is 10.0 Å². The van der Waals surface area contributed by atoms with Crippen LogP contribution in [0.2, 0.25) is 0 Å². The lowest BCUT2D eigenvalue weighted by Gasteiger charge is -2.26. The van der Waals surface area contributed by atoms with Crippen molar-refractivity contribution >= 4 is 27.3 Å². The highest BCUT2D eigenvalue weighted by Gasteiger charge is 2.30. The zero-order valence-electron chi connectivity index (χ0n) is 17.0. The first-order valence-corrected chi connectivity index (χ1v) is 10.7. The molecule has 0 saturated carbocycles. The average molecular weight is 442 g/mol. The summed E-state index contributed by atoms with van der Waals surface area (Å²) in [6, 6.07) is 18.4. The molecule has 0 aliphatic heterocycles. The highest BCUT2D eigenvalue weighted by molar-refractivity contribution is 7.92. The van der Waals surface area contributed by atoms with Crippen LogP contribution in [0.1, 0.15) is 0 Å². The lowest BCUT2D eigenvalue weighted by Crippen LogP contribution is -2.38. The van der Waals surface area contributed by atoms with Gasteiger partial charge in [-0.1, -0.05) is 24.3 Å². The van der Waals surface area contributed by atoms with E-state index >= 15 is 0 Å². The molecule has 0 heterocycles. The molecule has 0 saturated heterocycles. The largest absolute Gasteiger partial charge is 0.508 e. The Morgan fingerprint density at radius 3 is 2.35 bits per heavy atom. The second-order valence-corrected chi connectivity index (χ2v) is 8.32. The van der Waals surface area contributed by atoms with Gasteiger partial charge in [0.05, 0.1) is 24.8 Å². The minimum atomic E-state index is -4.12. The predicted octanol–water partition coefficient (Wildman–Crippen LogP) is 3.24. The molecule has 3 rings (SSSR count). The number of phenolic OH excluding ortho intramolecular Hbond substituents is 1. The summed E-state index contributed by atoms with van der Waals surface area (Å²) in [4.78, 5) is 12.8. The van der Waals surface area contributed by atoms with Crippen LogP contribution in [-0.2, 0) is 14.8 Å². The van der Waals surface area contributed by atoms with Crippen molar-refractivity contribution in [2.45, 2.75) is 4.90 Å². The van der Waals surface area contributed by atoms with E-state index in [4.69, 9.17) is 9.47 Å². The molecule has 8 nitrogen and oxygen atoms in total. The molecule has 0 fully saturated rings. The molecule has 162 valence electrons. The molecule has 1 amide bonds. The van der Waals surface area contributed by atoms with Gasteiger partial charge in [0.2, 0.25) is 5.91 Å². The number of hydrogen-bond acceptors (Lipinski definition) is 6. The van der Waals surface area contributed by atoms with Crippen molar-refractivity contribution in [3.8, 4) is 17.2 Å². The maximum Gasteiger partial charge on any atom is 0.264 e. The van der Waals surface area contributed by atoms with Gasteiger partial charge < -0.3 is 19.9 Å². The van der Waals surface area contributed by atoms with Gasteiger partial charge in [-0.3, -0.25) is 9.10 Å². The van der Waals surface area contributed by atoms with E-state index in [1.807, 2.05) is 0 Å². The van der Waals surface area contributed by atoms with Crippen molar-refractivity contribution in [1.82, 2.24) is 0 Å². The number of rotatable bonds is 8. The van der Waals surface area contributed by atoms with E-state index < -0.39 is 22.5 Å². The number of anilines is 2. The maximum absolute atomic E-state index is 13.5. The molecule has 31 heavy (non-hydrogen) atoms. The van der Waals surface area contributed by atoms with E-state index in [2.05, 4.69) is 5.32 Å². The number of carbonyl (C=O) groups is 1. The fourth-order valence-corrected chi connectivity index (χ4v) is 4.37. The van der Waals surface area contributed by atoms with Crippen LogP contribution >= 0.6 is 0 Å². The van der Waals surface area contributed by atoms with Gasteiger partial charge in [-0.25, -0.2) is 8.42 Å². The van der Waals surface area contributed by atoms with Crippen LogP contribution in [0.5, 0.6) is 17.2 Å². The molecule has 0 atom stereocenters. The van der Waals surface area contributed by atoms with E-state index in [1.165, 1.54) is 44.6 Å². The minimum absolute atomic E-state index is 0.0185. The average Bonchev–Trinajstić information content (AvgIpc) is 2.77. The number of nitrogens with one attached hydrogen (secondary N) is 1. The Morgan fingerprint density at radius 2 is 1.71 bits per heavy atom.